The van der Waals surface area contributed by atoms with Crippen molar-refractivity contribution in [2.75, 3.05) is 13.2 Å². The highest BCUT2D eigenvalue weighted by molar-refractivity contribution is 5.87. The second-order valence-electron chi connectivity index (χ2n) is 4.80. The van der Waals surface area contributed by atoms with Crippen LogP contribution in [0.25, 0.3) is 11.3 Å². The molecule has 0 spiro atoms. The number of carbonyl (C=O) groups is 1. The zero-order chi connectivity index (χ0) is 14.8. The Morgan fingerprint density at radius 2 is 2.05 bits per heavy atom. The highest BCUT2D eigenvalue weighted by atomic mass is 16.6. The molecule has 0 radical (unpaired) electrons. The molecule has 3 rings (SSSR count). The maximum absolute atomic E-state index is 11.3. The van der Waals surface area contributed by atoms with Gasteiger partial charge in [-0.2, -0.15) is 5.10 Å². The van der Waals surface area contributed by atoms with Crippen molar-refractivity contribution in [1.82, 2.24) is 9.78 Å². The molecule has 6 heteroatoms. The molecule has 0 amide bonds. The van der Waals surface area contributed by atoms with Crippen molar-refractivity contribution < 1.29 is 19.4 Å². The van der Waals surface area contributed by atoms with E-state index < -0.39 is 5.97 Å². The number of nitrogens with zero attached hydrogens (tertiary/aromatic N) is 2. The molecular formula is C15H16N2O4. The van der Waals surface area contributed by atoms with E-state index in [1.54, 1.807) is 6.07 Å². The highest BCUT2D eigenvalue weighted by Crippen LogP contribution is 2.34. The number of aromatic carboxylic acids is 1. The summed E-state index contributed by atoms with van der Waals surface area (Å²) < 4.78 is 12.5. The fourth-order valence-corrected chi connectivity index (χ4v) is 2.31. The normalized spacial score (nSPS) is 13.2. The van der Waals surface area contributed by atoms with Crippen LogP contribution in [-0.2, 0) is 6.54 Å². The monoisotopic (exact) mass is 288 g/mol. The average Bonchev–Trinajstić information content (AvgIpc) is 2.91. The lowest BCUT2D eigenvalue weighted by atomic mass is 10.1. The van der Waals surface area contributed by atoms with Crippen LogP contribution in [0.5, 0.6) is 11.5 Å². The van der Waals surface area contributed by atoms with Crippen LogP contribution in [0, 0.1) is 0 Å². The van der Waals surface area contributed by atoms with Gasteiger partial charge in [0.15, 0.2) is 11.5 Å². The zero-order valence-electron chi connectivity index (χ0n) is 11.7. The second kappa shape index (κ2) is 5.47. The Labute approximate surface area is 121 Å². The van der Waals surface area contributed by atoms with Crippen LogP contribution in [0.2, 0.25) is 0 Å². The number of hydrogen-bond acceptors (Lipinski definition) is 4. The van der Waals surface area contributed by atoms with Crippen LogP contribution in [0.1, 0.15) is 23.8 Å². The summed E-state index contributed by atoms with van der Waals surface area (Å²) in [6.45, 7) is 3.62. The first-order valence-corrected chi connectivity index (χ1v) is 6.90. The minimum absolute atomic E-state index is 0.196. The van der Waals surface area contributed by atoms with E-state index in [1.165, 1.54) is 4.68 Å². The van der Waals surface area contributed by atoms with Gasteiger partial charge in [0.2, 0.25) is 0 Å². The van der Waals surface area contributed by atoms with E-state index in [9.17, 15) is 9.90 Å². The maximum atomic E-state index is 11.3. The SMILES string of the molecule is CCCn1nc(-c2ccc3c(c2)OCCO3)cc1C(=O)O. The molecule has 0 saturated heterocycles. The standard InChI is InChI=1S/C15H16N2O4/c1-2-5-17-12(15(18)19)9-11(16-17)10-3-4-13-14(8-10)21-7-6-20-13/h3-4,8-9H,2,5-7H2,1H3,(H,18,19). The molecule has 0 unspecified atom stereocenters. The highest BCUT2D eigenvalue weighted by Gasteiger charge is 2.17. The maximum Gasteiger partial charge on any atom is 0.354 e. The first-order chi connectivity index (χ1) is 10.2. The molecule has 2 heterocycles. The molecule has 1 aliphatic heterocycles. The predicted octanol–water partition coefficient (Wildman–Crippen LogP) is 2.43. The van der Waals surface area contributed by atoms with Crippen LogP contribution in [0.4, 0.5) is 0 Å². The number of hydrogen-bond donors (Lipinski definition) is 1. The lowest BCUT2D eigenvalue weighted by Crippen LogP contribution is -2.15. The number of aryl methyl sites for hydroxylation is 1. The zero-order valence-corrected chi connectivity index (χ0v) is 11.7. The number of ether oxygens (including phenoxy) is 2. The third kappa shape index (κ3) is 2.56. The second-order valence-corrected chi connectivity index (χ2v) is 4.80. The van der Waals surface area contributed by atoms with E-state index in [4.69, 9.17) is 9.47 Å². The van der Waals surface area contributed by atoms with Crippen molar-refractivity contribution in [2.45, 2.75) is 19.9 Å². The Hall–Kier alpha value is -2.50. The molecule has 0 saturated carbocycles. The van der Waals surface area contributed by atoms with Crippen LogP contribution in [0.3, 0.4) is 0 Å². The molecule has 0 fully saturated rings. The van der Waals surface area contributed by atoms with Crippen molar-refractivity contribution in [2.24, 2.45) is 0 Å². The summed E-state index contributed by atoms with van der Waals surface area (Å²) >= 11 is 0. The van der Waals surface area contributed by atoms with Crippen molar-refractivity contribution in [1.29, 1.82) is 0 Å². The van der Waals surface area contributed by atoms with Gasteiger partial charge < -0.3 is 14.6 Å². The molecule has 0 bridgehead atoms. The Morgan fingerprint density at radius 3 is 2.76 bits per heavy atom. The van der Waals surface area contributed by atoms with Crippen LogP contribution >= 0.6 is 0 Å². The van der Waals surface area contributed by atoms with Crippen LogP contribution in [-0.4, -0.2) is 34.1 Å². The van der Waals surface area contributed by atoms with Gasteiger partial charge >= 0.3 is 5.97 Å². The number of aromatic nitrogens is 2. The van der Waals surface area contributed by atoms with E-state index in [2.05, 4.69) is 5.10 Å². The number of carboxylic acid groups (broad SMARTS) is 1. The average molecular weight is 288 g/mol. The van der Waals surface area contributed by atoms with Gasteiger partial charge in [-0.05, 0) is 30.7 Å². The Balaban J connectivity index is 2.00. The molecule has 21 heavy (non-hydrogen) atoms. The van der Waals surface area contributed by atoms with E-state index >= 15 is 0 Å². The molecule has 110 valence electrons. The van der Waals surface area contributed by atoms with Gasteiger partial charge in [0.25, 0.3) is 0 Å². The largest absolute Gasteiger partial charge is 0.486 e. The topological polar surface area (TPSA) is 73.6 Å². The molecule has 0 aliphatic carbocycles. The molecule has 0 atom stereocenters. The number of rotatable bonds is 4. The molecule has 1 aromatic heterocycles. The van der Waals surface area contributed by atoms with Crippen molar-refractivity contribution >= 4 is 5.97 Å². The van der Waals surface area contributed by atoms with Crippen molar-refractivity contribution in [3.05, 3.63) is 30.0 Å². The first-order valence-electron chi connectivity index (χ1n) is 6.90. The third-order valence-electron chi connectivity index (χ3n) is 3.27. The summed E-state index contributed by atoms with van der Waals surface area (Å²) in [6, 6.07) is 7.10. The summed E-state index contributed by atoms with van der Waals surface area (Å²) in [7, 11) is 0. The van der Waals surface area contributed by atoms with Gasteiger partial charge in [-0.3, -0.25) is 4.68 Å². The summed E-state index contributed by atoms with van der Waals surface area (Å²) in [5.41, 5.74) is 1.64. The summed E-state index contributed by atoms with van der Waals surface area (Å²) in [5.74, 6) is 0.400. The van der Waals surface area contributed by atoms with Gasteiger partial charge in [-0.1, -0.05) is 6.92 Å². The molecule has 1 aliphatic rings. The fraction of sp³-hybridized carbons (Fsp3) is 0.333. The Kier molecular flexibility index (Phi) is 3.51. The molecule has 2 aromatic rings. The van der Waals surface area contributed by atoms with Crippen LogP contribution in [0.15, 0.2) is 24.3 Å². The molecule has 1 N–H and O–H groups in total. The Bertz CT molecular complexity index is 678. The lowest BCUT2D eigenvalue weighted by molar-refractivity contribution is 0.0683. The third-order valence-corrected chi connectivity index (χ3v) is 3.27. The van der Waals surface area contributed by atoms with Gasteiger partial charge in [0.1, 0.15) is 18.9 Å². The smallest absolute Gasteiger partial charge is 0.354 e. The lowest BCUT2D eigenvalue weighted by Gasteiger charge is -2.18. The van der Waals surface area contributed by atoms with E-state index in [0.717, 1.165) is 12.0 Å². The van der Waals surface area contributed by atoms with E-state index in [0.29, 0.717) is 37.0 Å². The predicted molar refractivity (Wildman–Crippen MR) is 75.9 cm³/mol. The molecule has 1 aromatic carbocycles. The summed E-state index contributed by atoms with van der Waals surface area (Å²) in [5, 5.41) is 13.6. The van der Waals surface area contributed by atoms with Gasteiger partial charge in [-0.15, -0.1) is 0 Å². The van der Waals surface area contributed by atoms with Gasteiger partial charge in [0.05, 0.1) is 5.69 Å². The van der Waals surface area contributed by atoms with E-state index in [-0.39, 0.29) is 5.69 Å². The minimum atomic E-state index is -0.972. The number of carboxylic acids is 1. The molecule has 6 nitrogen and oxygen atoms in total. The molecular weight excluding hydrogens is 272 g/mol. The fourth-order valence-electron chi connectivity index (χ4n) is 2.31. The van der Waals surface area contributed by atoms with Gasteiger partial charge in [-0.25, -0.2) is 4.79 Å². The summed E-state index contributed by atoms with van der Waals surface area (Å²) in [6.07, 6.45) is 0.822. The first kappa shape index (κ1) is 13.5. The Morgan fingerprint density at radius 1 is 1.29 bits per heavy atom. The van der Waals surface area contributed by atoms with Crippen molar-refractivity contribution in [3.63, 3.8) is 0 Å². The minimum Gasteiger partial charge on any atom is -0.486 e. The quantitative estimate of drug-likeness (QED) is 0.935. The van der Waals surface area contributed by atoms with Crippen LogP contribution < -0.4 is 9.47 Å². The number of fused-ring (bicyclic) bond motifs is 1. The van der Waals surface area contributed by atoms with E-state index in [1.807, 2.05) is 25.1 Å². The number of benzene rings is 1. The summed E-state index contributed by atoms with van der Waals surface area (Å²) in [4.78, 5) is 11.3. The van der Waals surface area contributed by atoms with Gasteiger partial charge in [0, 0.05) is 12.1 Å². The van der Waals surface area contributed by atoms with Crippen molar-refractivity contribution in [3.8, 4) is 22.8 Å².